The van der Waals surface area contributed by atoms with Gasteiger partial charge in [-0.1, -0.05) is 115 Å². The van der Waals surface area contributed by atoms with E-state index in [1.54, 1.807) is 48.5 Å². The molecule has 2 aliphatic rings. The van der Waals surface area contributed by atoms with Crippen LogP contribution in [0.1, 0.15) is 138 Å². The van der Waals surface area contributed by atoms with Crippen molar-refractivity contribution in [2.24, 2.45) is 0 Å². The van der Waals surface area contributed by atoms with E-state index in [-0.39, 0.29) is 36.7 Å². The minimum Gasteiger partial charge on any atom is -0.300 e. The second-order valence-electron chi connectivity index (χ2n) is 12.1. The summed E-state index contributed by atoms with van der Waals surface area (Å²) >= 11 is 0. The molecule has 0 aromatic heterocycles. The van der Waals surface area contributed by atoms with Gasteiger partial charge in [-0.2, -0.15) is 0 Å². The first-order valence-corrected chi connectivity index (χ1v) is 16.7. The maximum Gasteiger partial charge on any atom is 0.261 e. The number of carbonyl (C=O) groups is 4. The third-order valence-electron chi connectivity index (χ3n) is 8.86. The zero-order chi connectivity index (χ0) is 30.4. The Hall–Kier alpha value is -3.32. The smallest absolute Gasteiger partial charge is 0.261 e. The first-order valence-electron chi connectivity index (χ1n) is 16.7. The molecule has 2 aliphatic heterocycles. The van der Waals surface area contributed by atoms with Crippen LogP contribution >= 0.6 is 0 Å². The van der Waals surface area contributed by atoms with Crippen molar-refractivity contribution in [2.45, 2.75) is 96.8 Å². The Morgan fingerprint density at radius 2 is 0.744 bits per heavy atom. The molecule has 7 nitrogen and oxygen atoms in total. The van der Waals surface area contributed by atoms with Gasteiger partial charge in [-0.3, -0.25) is 33.9 Å². The number of amides is 4. The quantitative estimate of drug-likeness (QED) is 0.113. The van der Waals surface area contributed by atoms with Crippen molar-refractivity contribution in [1.29, 1.82) is 0 Å². The van der Waals surface area contributed by atoms with Crippen LogP contribution in [-0.2, 0) is 0 Å². The Labute approximate surface area is 257 Å². The molecule has 0 aliphatic carbocycles. The van der Waals surface area contributed by atoms with Gasteiger partial charge in [0.25, 0.3) is 23.6 Å². The summed E-state index contributed by atoms with van der Waals surface area (Å²) in [6, 6.07) is 13.9. The topological polar surface area (TPSA) is 78.0 Å². The average Bonchev–Trinajstić information content (AvgIpc) is 3.42. The molecule has 4 rings (SSSR count). The monoisotopic (exact) mass is 587 g/mol. The molecule has 7 heteroatoms. The summed E-state index contributed by atoms with van der Waals surface area (Å²) < 4.78 is 0. The molecule has 4 amide bonds. The number of hydrogen-bond acceptors (Lipinski definition) is 5. The molecular weight excluding hydrogens is 538 g/mol. The van der Waals surface area contributed by atoms with E-state index < -0.39 is 0 Å². The van der Waals surface area contributed by atoms with Crippen LogP contribution in [0.15, 0.2) is 48.5 Å². The molecule has 0 saturated carbocycles. The largest absolute Gasteiger partial charge is 0.300 e. The van der Waals surface area contributed by atoms with Crippen molar-refractivity contribution in [1.82, 2.24) is 14.7 Å². The summed E-state index contributed by atoms with van der Waals surface area (Å²) in [5.74, 6) is -1.01. The van der Waals surface area contributed by atoms with E-state index in [0.29, 0.717) is 35.3 Å². The van der Waals surface area contributed by atoms with Crippen molar-refractivity contribution in [3.05, 3.63) is 70.8 Å². The molecule has 0 saturated heterocycles. The van der Waals surface area contributed by atoms with Gasteiger partial charge in [0.05, 0.1) is 22.3 Å². The Morgan fingerprint density at radius 1 is 0.442 bits per heavy atom. The molecule has 43 heavy (non-hydrogen) atoms. The highest BCUT2D eigenvalue weighted by Gasteiger charge is 2.36. The number of benzene rings is 2. The molecule has 0 radical (unpaired) electrons. The average molecular weight is 588 g/mol. The van der Waals surface area contributed by atoms with Crippen LogP contribution in [0.4, 0.5) is 0 Å². The summed E-state index contributed by atoms with van der Waals surface area (Å²) in [4.78, 5) is 56.4. The van der Waals surface area contributed by atoms with Crippen molar-refractivity contribution in [2.75, 3.05) is 32.7 Å². The number of hydrogen-bond donors (Lipinski definition) is 0. The number of fused-ring (bicyclic) bond motifs is 2. The van der Waals surface area contributed by atoms with E-state index >= 15 is 0 Å². The fraction of sp³-hybridized carbons (Fsp3) is 0.556. The van der Waals surface area contributed by atoms with Crippen LogP contribution in [0.25, 0.3) is 0 Å². The fourth-order valence-electron chi connectivity index (χ4n) is 6.23. The summed E-state index contributed by atoms with van der Waals surface area (Å²) in [6.45, 7) is 4.64. The maximum absolute atomic E-state index is 12.9. The molecular formula is C36H49N3O4. The van der Waals surface area contributed by atoms with E-state index in [4.69, 9.17) is 0 Å². The maximum atomic E-state index is 12.9. The van der Waals surface area contributed by atoms with Gasteiger partial charge in [0.1, 0.15) is 0 Å². The predicted octanol–water partition coefficient (Wildman–Crippen LogP) is 7.36. The Kier molecular flexibility index (Phi) is 13.0. The first-order chi connectivity index (χ1) is 21.0. The van der Waals surface area contributed by atoms with Gasteiger partial charge in [-0.15, -0.1) is 0 Å². The Bertz CT molecular complexity index is 1090. The molecule has 232 valence electrons. The lowest BCUT2D eigenvalue weighted by molar-refractivity contribution is 0.0621. The second-order valence-corrected chi connectivity index (χ2v) is 12.1. The normalized spacial score (nSPS) is 14.4. The fourth-order valence-corrected chi connectivity index (χ4v) is 6.23. The lowest BCUT2D eigenvalue weighted by atomic mass is 10.0. The van der Waals surface area contributed by atoms with Crippen LogP contribution in [-0.4, -0.2) is 71.1 Å². The number of unbranched alkanes of at least 4 members (excludes halogenated alkanes) is 13. The van der Waals surface area contributed by atoms with Crippen LogP contribution in [0, 0.1) is 0 Å². The molecule has 2 aromatic rings. The number of rotatable bonds is 21. The van der Waals surface area contributed by atoms with Crippen LogP contribution in [0.5, 0.6) is 0 Å². The minimum absolute atomic E-state index is 0.252. The van der Waals surface area contributed by atoms with E-state index in [1.807, 2.05) is 0 Å². The van der Waals surface area contributed by atoms with Gasteiger partial charge in [-0.05, 0) is 37.2 Å². The highest BCUT2D eigenvalue weighted by molar-refractivity contribution is 6.22. The van der Waals surface area contributed by atoms with E-state index in [1.165, 1.54) is 86.8 Å². The zero-order valence-corrected chi connectivity index (χ0v) is 26.0. The van der Waals surface area contributed by atoms with E-state index in [2.05, 4.69) is 11.8 Å². The summed E-state index contributed by atoms with van der Waals surface area (Å²) in [5.41, 5.74) is 1.82. The Balaban J connectivity index is 1.20. The van der Waals surface area contributed by atoms with E-state index in [9.17, 15) is 19.2 Å². The molecule has 0 bridgehead atoms. The van der Waals surface area contributed by atoms with Crippen molar-refractivity contribution in [3.8, 4) is 0 Å². The van der Waals surface area contributed by atoms with Crippen LogP contribution in [0.3, 0.4) is 0 Å². The van der Waals surface area contributed by atoms with Gasteiger partial charge in [0, 0.05) is 26.2 Å². The molecule has 0 N–H and O–H groups in total. The standard InChI is InChI=1S/C36H49N3O4/c1-2-3-4-5-6-7-8-9-10-11-12-13-14-19-24-37(25-27-38-33(40)29-20-15-16-21-30(29)34(38)41)26-28-39-35(42)31-22-17-18-23-32(31)36(39)43/h15-18,20-23H,2-14,19,24-28H2,1H3. The molecule has 2 heterocycles. The third kappa shape index (κ3) is 8.85. The van der Waals surface area contributed by atoms with Gasteiger partial charge in [0.2, 0.25) is 0 Å². The number of nitrogens with zero attached hydrogens (tertiary/aromatic N) is 3. The first kappa shape index (κ1) is 32.6. The van der Waals surface area contributed by atoms with Gasteiger partial charge >= 0.3 is 0 Å². The van der Waals surface area contributed by atoms with E-state index in [0.717, 1.165) is 19.4 Å². The molecule has 0 unspecified atom stereocenters. The molecule has 0 atom stereocenters. The van der Waals surface area contributed by atoms with Crippen LogP contribution < -0.4 is 0 Å². The van der Waals surface area contributed by atoms with Gasteiger partial charge in [0.15, 0.2) is 0 Å². The van der Waals surface area contributed by atoms with Crippen molar-refractivity contribution < 1.29 is 19.2 Å². The Morgan fingerprint density at radius 3 is 1.07 bits per heavy atom. The molecule has 0 spiro atoms. The zero-order valence-electron chi connectivity index (χ0n) is 26.0. The second kappa shape index (κ2) is 17.1. The highest BCUT2D eigenvalue weighted by Crippen LogP contribution is 2.24. The number of imide groups is 2. The minimum atomic E-state index is -0.252. The SMILES string of the molecule is CCCCCCCCCCCCCCCCN(CCN1C(=O)c2ccccc2C1=O)CCN1C(=O)c2ccccc2C1=O. The summed E-state index contributed by atoms with van der Waals surface area (Å²) in [6.07, 6.45) is 18.1. The number of carbonyl (C=O) groups excluding carboxylic acids is 4. The predicted molar refractivity (Wildman–Crippen MR) is 170 cm³/mol. The molecule has 2 aromatic carbocycles. The summed E-state index contributed by atoms with van der Waals surface area (Å²) in [5, 5.41) is 0. The highest BCUT2D eigenvalue weighted by atomic mass is 16.2. The lowest BCUT2D eigenvalue weighted by Gasteiger charge is -2.26. The van der Waals surface area contributed by atoms with Gasteiger partial charge in [-0.25, -0.2) is 0 Å². The van der Waals surface area contributed by atoms with Crippen molar-refractivity contribution >= 4 is 23.6 Å². The summed E-state index contributed by atoms with van der Waals surface area (Å²) in [7, 11) is 0. The van der Waals surface area contributed by atoms with Gasteiger partial charge < -0.3 is 0 Å². The van der Waals surface area contributed by atoms with Crippen LogP contribution in [0.2, 0.25) is 0 Å². The van der Waals surface area contributed by atoms with Crippen molar-refractivity contribution in [3.63, 3.8) is 0 Å². The lowest BCUT2D eigenvalue weighted by Crippen LogP contribution is -2.43. The molecule has 0 fully saturated rings. The third-order valence-corrected chi connectivity index (χ3v) is 8.86.